The number of carbonyl (C=O) groups excluding carboxylic acids is 1. The topological polar surface area (TPSA) is 91.2 Å². The van der Waals surface area contributed by atoms with Crippen molar-refractivity contribution in [2.75, 3.05) is 26.5 Å². The van der Waals surface area contributed by atoms with Crippen molar-refractivity contribution in [2.45, 2.75) is 37.8 Å². The smallest absolute Gasteiger partial charge is 0.230 e. The maximum Gasteiger partial charge on any atom is 0.230 e. The Morgan fingerprint density at radius 2 is 1.78 bits per heavy atom. The molecule has 0 saturated heterocycles. The van der Waals surface area contributed by atoms with E-state index in [-0.39, 0.29) is 11.7 Å². The normalized spacial score (nSPS) is 10.7. The highest BCUT2D eigenvalue weighted by Crippen LogP contribution is 2.27. The monoisotopic (exact) mass is 455 g/mol. The lowest BCUT2D eigenvalue weighted by Gasteiger charge is -2.10. The Hall–Kier alpha value is -3.07. The van der Waals surface area contributed by atoms with E-state index in [0.29, 0.717) is 29.6 Å². The van der Waals surface area contributed by atoms with Crippen molar-refractivity contribution >= 4 is 17.7 Å². The summed E-state index contributed by atoms with van der Waals surface area (Å²) in [5.41, 5.74) is 3.24. The number of methoxy groups -OCH3 is 2. The van der Waals surface area contributed by atoms with Crippen LogP contribution in [-0.2, 0) is 17.6 Å². The van der Waals surface area contributed by atoms with Crippen molar-refractivity contribution in [3.8, 4) is 17.2 Å². The van der Waals surface area contributed by atoms with Gasteiger partial charge in [0.05, 0.1) is 25.7 Å². The summed E-state index contributed by atoms with van der Waals surface area (Å²) in [6.07, 6.45) is 4.11. The number of hydrogen-bond acceptors (Lipinski definition) is 7. The number of aryl methyl sites for hydroxylation is 1. The number of benzene rings is 2. The number of nitrogens with zero attached hydrogens (tertiary/aromatic N) is 4. The van der Waals surface area contributed by atoms with Gasteiger partial charge >= 0.3 is 0 Å². The number of unbranched alkanes of at least 4 members (excludes halogenated alkanes) is 1. The van der Waals surface area contributed by atoms with Crippen molar-refractivity contribution in [1.82, 2.24) is 25.5 Å². The van der Waals surface area contributed by atoms with E-state index < -0.39 is 0 Å². The van der Waals surface area contributed by atoms with Gasteiger partial charge in [0.15, 0.2) is 11.5 Å². The van der Waals surface area contributed by atoms with Crippen LogP contribution in [0.4, 0.5) is 0 Å². The zero-order valence-electron chi connectivity index (χ0n) is 18.7. The molecule has 0 unspecified atom stereocenters. The maximum atomic E-state index is 12.3. The molecule has 0 radical (unpaired) electrons. The molecule has 0 aliphatic heterocycles. The predicted molar refractivity (Wildman–Crippen MR) is 125 cm³/mol. The summed E-state index contributed by atoms with van der Waals surface area (Å²) < 4.78 is 12.2. The molecular weight excluding hydrogens is 426 g/mol. The van der Waals surface area contributed by atoms with Gasteiger partial charge < -0.3 is 14.8 Å². The van der Waals surface area contributed by atoms with Gasteiger partial charge in [0, 0.05) is 6.54 Å². The number of aromatic nitrogens is 4. The van der Waals surface area contributed by atoms with E-state index in [1.54, 1.807) is 18.9 Å². The van der Waals surface area contributed by atoms with E-state index in [9.17, 15) is 4.79 Å². The molecular formula is C23H29N5O3S. The molecule has 0 atom stereocenters. The van der Waals surface area contributed by atoms with Crippen molar-refractivity contribution in [3.63, 3.8) is 0 Å². The SMILES string of the molecule is CCCCc1ccc(-n2nnnc2SCC(=O)NCCc2ccc(OC)c(OC)c2)cc1. The lowest BCUT2D eigenvalue weighted by molar-refractivity contribution is -0.118. The van der Waals surface area contributed by atoms with Crippen LogP contribution in [0.2, 0.25) is 0 Å². The molecule has 0 bridgehead atoms. The number of rotatable bonds is 12. The van der Waals surface area contributed by atoms with Crippen LogP contribution in [0.25, 0.3) is 5.69 Å². The fraction of sp³-hybridized carbons (Fsp3) is 0.391. The molecule has 8 nitrogen and oxygen atoms in total. The molecule has 1 aromatic heterocycles. The first-order valence-corrected chi connectivity index (χ1v) is 11.6. The molecule has 0 aliphatic carbocycles. The van der Waals surface area contributed by atoms with Gasteiger partial charge in [-0.3, -0.25) is 4.79 Å². The minimum atomic E-state index is -0.0695. The molecule has 2 aromatic carbocycles. The van der Waals surface area contributed by atoms with Gasteiger partial charge in [0.2, 0.25) is 11.1 Å². The van der Waals surface area contributed by atoms with Crippen molar-refractivity contribution in [1.29, 1.82) is 0 Å². The summed E-state index contributed by atoms with van der Waals surface area (Å²) in [7, 11) is 3.21. The molecule has 9 heteroatoms. The Labute approximate surface area is 192 Å². The third-order valence-corrected chi connectivity index (χ3v) is 5.88. The van der Waals surface area contributed by atoms with Crippen molar-refractivity contribution < 1.29 is 14.3 Å². The third kappa shape index (κ3) is 6.46. The molecule has 32 heavy (non-hydrogen) atoms. The minimum Gasteiger partial charge on any atom is -0.493 e. The van der Waals surface area contributed by atoms with Crippen LogP contribution in [0, 0.1) is 0 Å². The second kappa shape index (κ2) is 12.1. The lowest BCUT2D eigenvalue weighted by atomic mass is 10.1. The summed E-state index contributed by atoms with van der Waals surface area (Å²) in [5.74, 6) is 1.53. The van der Waals surface area contributed by atoms with Crippen LogP contribution < -0.4 is 14.8 Å². The maximum absolute atomic E-state index is 12.3. The number of amides is 1. The van der Waals surface area contributed by atoms with Crippen LogP contribution in [0.1, 0.15) is 30.9 Å². The summed E-state index contributed by atoms with van der Waals surface area (Å²) >= 11 is 1.31. The van der Waals surface area contributed by atoms with Crippen LogP contribution in [0.15, 0.2) is 47.6 Å². The standard InChI is InChI=1S/C23H29N5O3S/c1-4-5-6-17-7-10-19(11-8-17)28-23(25-26-27-28)32-16-22(29)24-14-13-18-9-12-20(30-2)21(15-18)31-3/h7-12,15H,4-6,13-14,16H2,1-3H3,(H,24,29). The molecule has 3 aromatic rings. The van der Waals surface area contributed by atoms with E-state index in [4.69, 9.17) is 9.47 Å². The van der Waals surface area contributed by atoms with Crippen LogP contribution in [0.3, 0.4) is 0 Å². The largest absolute Gasteiger partial charge is 0.493 e. The highest BCUT2D eigenvalue weighted by atomic mass is 32.2. The number of tetrazole rings is 1. The molecule has 3 rings (SSSR count). The first kappa shape index (κ1) is 23.6. The second-order valence-corrected chi connectivity index (χ2v) is 8.16. The molecule has 0 saturated carbocycles. The van der Waals surface area contributed by atoms with E-state index >= 15 is 0 Å². The summed E-state index contributed by atoms with van der Waals surface area (Å²) in [6, 6.07) is 14.0. The average Bonchev–Trinajstić information content (AvgIpc) is 3.30. The van der Waals surface area contributed by atoms with Crippen molar-refractivity contribution in [3.05, 3.63) is 53.6 Å². The lowest BCUT2D eigenvalue weighted by Crippen LogP contribution is -2.27. The van der Waals surface area contributed by atoms with E-state index in [2.05, 4.69) is 39.9 Å². The van der Waals surface area contributed by atoms with E-state index in [1.165, 1.54) is 30.2 Å². The second-order valence-electron chi connectivity index (χ2n) is 7.22. The van der Waals surface area contributed by atoms with Gasteiger partial charge in [0.25, 0.3) is 0 Å². The zero-order chi connectivity index (χ0) is 22.8. The minimum absolute atomic E-state index is 0.0695. The summed E-state index contributed by atoms with van der Waals surface area (Å²) in [5, 5.41) is 15.4. The van der Waals surface area contributed by atoms with Gasteiger partial charge in [-0.2, -0.15) is 4.68 Å². The van der Waals surface area contributed by atoms with Gasteiger partial charge in [-0.15, -0.1) is 5.10 Å². The first-order valence-electron chi connectivity index (χ1n) is 10.6. The number of carbonyl (C=O) groups is 1. The van der Waals surface area contributed by atoms with E-state index in [0.717, 1.165) is 17.7 Å². The molecule has 1 N–H and O–H groups in total. The van der Waals surface area contributed by atoms with Gasteiger partial charge in [0.1, 0.15) is 0 Å². The van der Waals surface area contributed by atoms with Crippen LogP contribution >= 0.6 is 11.8 Å². The Kier molecular flexibility index (Phi) is 8.91. The Morgan fingerprint density at radius 1 is 1.03 bits per heavy atom. The fourth-order valence-electron chi connectivity index (χ4n) is 3.18. The first-order chi connectivity index (χ1) is 15.6. The number of hydrogen-bond donors (Lipinski definition) is 1. The quantitative estimate of drug-likeness (QED) is 0.418. The Bertz CT molecular complexity index is 1010. The number of thioether (sulfide) groups is 1. The summed E-state index contributed by atoms with van der Waals surface area (Å²) in [6.45, 7) is 2.71. The molecule has 170 valence electrons. The van der Waals surface area contributed by atoms with Crippen molar-refractivity contribution in [2.24, 2.45) is 0 Å². The molecule has 0 aliphatic rings. The molecule has 0 fully saturated rings. The average molecular weight is 456 g/mol. The molecule has 1 heterocycles. The summed E-state index contributed by atoms with van der Waals surface area (Å²) in [4.78, 5) is 12.3. The Morgan fingerprint density at radius 3 is 2.50 bits per heavy atom. The third-order valence-electron chi connectivity index (χ3n) is 4.96. The highest BCUT2D eigenvalue weighted by molar-refractivity contribution is 7.99. The zero-order valence-corrected chi connectivity index (χ0v) is 19.5. The van der Waals surface area contributed by atoms with Gasteiger partial charge in [-0.05, 0) is 65.1 Å². The van der Waals surface area contributed by atoms with E-state index in [1.807, 2.05) is 30.3 Å². The molecule has 1 amide bonds. The highest BCUT2D eigenvalue weighted by Gasteiger charge is 2.12. The van der Waals surface area contributed by atoms with Gasteiger partial charge in [-0.1, -0.05) is 43.3 Å². The predicted octanol–water partition coefficient (Wildman–Crippen LogP) is 3.47. The fourth-order valence-corrected chi connectivity index (χ4v) is 3.90. The number of nitrogens with one attached hydrogen (secondary N) is 1. The van der Waals surface area contributed by atoms with Crippen LogP contribution in [-0.4, -0.2) is 52.6 Å². The Balaban J connectivity index is 1.48. The number of ether oxygens (including phenoxy) is 2. The molecule has 0 spiro atoms. The van der Waals surface area contributed by atoms with Gasteiger partial charge in [-0.25, -0.2) is 0 Å². The van der Waals surface area contributed by atoms with Crippen LogP contribution in [0.5, 0.6) is 11.5 Å².